The quantitative estimate of drug-likeness (QED) is 0.917. The van der Waals surface area contributed by atoms with Gasteiger partial charge in [-0.05, 0) is 46.0 Å². The average Bonchev–Trinajstić information content (AvgIpc) is 2.36. The van der Waals surface area contributed by atoms with Gasteiger partial charge in [0.25, 0.3) is 0 Å². The van der Waals surface area contributed by atoms with Gasteiger partial charge < -0.3 is 10.1 Å². The Morgan fingerprint density at radius 3 is 2.80 bits per heavy atom. The van der Waals surface area contributed by atoms with Crippen molar-refractivity contribution in [2.75, 3.05) is 0 Å². The van der Waals surface area contributed by atoms with Crippen LogP contribution in [0.5, 0.6) is 5.88 Å². The molecule has 0 saturated heterocycles. The number of nitrogens with one attached hydrogen (secondary N) is 1. The largest absolute Gasteiger partial charge is 0.473 e. The predicted molar refractivity (Wildman–Crippen MR) is 80.7 cm³/mol. The molecule has 0 spiro atoms. The fourth-order valence-corrected chi connectivity index (χ4v) is 2.54. The van der Waals surface area contributed by atoms with Gasteiger partial charge in [-0.15, -0.1) is 0 Å². The molecule has 0 aromatic carbocycles. The highest BCUT2D eigenvalue weighted by molar-refractivity contribution is 5.09. The predicted octanol–water partition coefficient (Wildman–Crippen LogP) is 3.32. The van der Waals surface area contributed by atoms with Gasteiger partial charge >= 0.3 is 0 Å². The van der Waals surface area contributed by atoms with Crippen molar-refractivity contribution in [3.05, 3.63) is 18.1 Å². The van der Waals surface area contributed by atoms with Crippen LogP contribution in [-0.4, -0.2) is 21.6 Å². The number of rotatable bonds is 4. The van der Waals surface area contributed by atoms with Crippen LogP contribution in [0.4, 0.5) is 0 Å². The molecule has 2 rings (SSSR count). The third kappa shape index (κ3) is 5.08. The van der Waals surface area contributed by atoms with E-state index in [1.807, 2.05) is 0 Å². The third-order valence-corrected chi connectivity index (χ3v) is 3.64. The van der Waals surface area contributed by atoms with Gasteiger partial charge in [-0.3, -0.25) is 4.98 Å². The molecule has 2 unspecified atom stereocenters. The minimum absolute atomic E-state index is 0.0807. The molecule has 20 heavy (non-hydrogen) atoms. The number of hydrogen-bond acceptors (Lipinski definition) is 4. The molecule has 0 amide bonds. The molecule has 1 N–H and O–H groups in total. The summed E-state index contributed by atoms with van der Waals surface area (Å²) in [7, 11) is 0. The Balaban J connectivity index is 1.92. The van der Waals surface area contributed by atoms with Gasteiger partial charge in [0.05, 0.1) is 11.9 Å². The van der Waals surface area contributed by atoms with Gasteiger partial charge in [-0.1, -0.05) is 13.3 Å². The second-order valence-electron chi connectivity index (χ2n) is 6.96. The second kappa shape index (κ2) is 6.53. The molecular weight excluding hydrogens is 250 g/mol. The van der Waals surface area contributed by atoms with Crippen molar-refractivity contribution in [3.8, 4) is 5.88 Å². The van der Waals surface area contributed by atoms with Gasteiger partial charge in [-0.25, -0.2) is 4.98 Å². The Kier molecular flexibility index (Phi) is 4.97. The Bertz CT molecular complexity index is 428. The molecule has 0 aliphatic heterocycles. The summed E-state index contributed by atoms with van der Waals surface area (Å²) in [5, 5.41) is 3.42. The van der Waals surface area contributed by atoms with Crippen molar-refractivity contribution in [2.24, 2.45) is 5.92 Å². The molecule has 1 aromatic heterocycles. The molecule has 1 fully saturated rings. The van der Waals surface area contributed by atoms with Crippen LogP contribution in [0.2, 0.25) is 0 Å². The first-order valence-electron chi connectivity index (χ1n) is 7.65. The van der Waals surface area contributed by atoms with E-state index in [-0.39, 0.29) is 5.54 Å². The normalized spacial score (nSPS) is 23.6. The zero-order chi connectivity index (χ0) is 14.6. The molecule has 112 valence electrons. The highest BCUT2D eigenvalue weighted by Gasteiger charge is 2.20. The first-order valence-corrected chi connectivity index (χ1v) is 7.65. The second-order valence-corrected chi connectivity index (χ2v) is 6.96. The Hall–Kier alpha value is -1.16. The Morgan fingerprint density at radius 1 is 1.30 bits per heavy atom. The van der Waals surface area contributed by atoms with E-state index in [0.29, 0.717) is 12.0 Å². The smallest absolute Gasteiger partial charge is 0.232 e. The number of aromatic nitrogens is 2. The summed E-state index contributed by atoms with van der Waals surface area (Å²) in [6, 6.07) is 0. The summed E-state index contributed by atoms with van der Waals surface area (Å²) in [5.41, 5.74) is 1.01. The van der Waals surface area contributed by atoms with Crippen molar-refractivity contribution in [3.63, 3.8) is 0 Å². The average molecular weight is 277 g/mol. The summed E-state index contributed by atoms with van der Waals surface area (Å²) in [6.45, 7) is 9.44. The molecule has 1 aliphatic carbocycles. The lowest BCUT2D eigenvalue weighted by Crippen LogP contribution is -2.35. The topological polar surface area (TPSA) is 47.0 Å². The van der Waals surface area contributed by atoms with E-state index in [1.165, 1.54) is 12.8 Å². The fraction of sp³-hybridized carbons (Fsp3) is 0.750. The van der Waals surface area contributed by atoms with Crippen LogP contribution in [0.15, 0.2) is 12.4 Å². The lowest BCUT2D eigenvalue weighted by atomic mass is 9.89. The summed E-state index contributed by atoms with van der Waals surface area (Å²) in [6.07, 6.45) is 8.67. The standard InChI is InChI=1S/C16H27N3O/c1-12-6-5-7-14(8-12)20-15-11-17-9-13(19-15)10-18-16(2,3)4/h9,11-12,14,18H,5-8,10H2,1-4H3. The van der Waals surface area contributed by atoms with Gasteiger partial charge in [0.15, 0.2) is 0 Å². The first-order chi connectivity index (χ1) is 9.42. The maximum atomic E-state index is 6.00. The minimum atomic E-state index is 0.0807. The van der Waals surface area contributed by atoms with Crippen LogP contribution < -0.4 is 10.1 Å². The monoisotopic (exact) mass is 277 g/mol. The molecule has 1 heterocycles. The van der Waals surface area contributed by atoms with E-state index in [2.05, 4.69) is 43.0 Å². The highest BCUT2D eigenvalue weighted by atomic mass is 16.5. The van der Waals surface area contributed by atoms with E-state index in [9.17, 15) is 0 Å². The summed E-state index contributed by atoms with van der Waals surface area (Å²) >= 11 is 0. The van der Waals surface area contributed by atoms with Crippen LogP contribution in [0.1, 0.15) is 59.1 Å². The molecule has 1 aromatic rings. The number of hydrogen-bond donors (Lipinski definition) is 1. The molecule has 0 radical (unpaired) electrons. The lowest BCUT2D eigenvalue weighted by Gasteiger charge is -2.27. The maximum Gasteiger partial charge on any atom is 0.232 e. The van der Waals surface area contributed by atoms with Crippen LogP contribution >= 0.6 is 0 Å². The zero-order valence-electron chi connectivity index (χ0n) is 13.1. The van der Waals surface area contributed by atoms with E-state index in [0.717, 1.165) is 31.0 Å². The van der Waals surface area contributed by atoms with Crippen LogP contribution in [0, 0.1) is 5.92 Å². The lowest BCUT2D eigenvalue weighted by molar-refractivity contribution is 0.123. The highest BCUT2D eigenvalue weighted by Crippen LogP contribution is 2.26. The van der Waals surface area contributed by atoms with E-state index in [4.69, 9.17) is 4.74 Å². The first kappa shape index (κ1) is 15.2. The van der Waals surface area contributed by atoms with E-state index in [1.54, 1.807) is 12.4 Å². The van der Waals surface area contributed by atoms with Crippen molar-refractivity contribution < 1.29 is 4.74 Å². The van der Waals surface area contributed by atoms with Gasteiger partial charge in [-0.2, -0.15) is 0 Å². The van der Waals surface area contributed by atoms with Gasteiger partial charge in [0.2, 0.25) is 5.88 Å². The maximum absolute atomic E-state index is 6.00. The summed E-state index contributed by atoms with van der Waals surface area (Å²) in [4.78, 5) is 8.79. The van der Waals surface area contributed by atoms with E-state index >= 15 is 0 Å². The Morgan fingerprint density at radius 2 is 2.10 bits per heavy atom. The van der Waals surface area contributed by atoms with Crippen molar-refractivity contribution in [2.45, 2.75) is 71.6 Å². The van der Waals surface area contributed by atoms with Crippen LogP contribution in [0.25, 0.3) is 0 Å². The van der Waals surface area contributed by atoms with Crippen molar-refractivity contribution in [1.82, 2.24) is 15.3 Å². The third-order valence-electron chi connectivity index (χ3n) is 3.64. The molecular formula is C16H27N3O. The van der Waals surface area contributed by atoms with Gasteiger partial charge in [0.1, 0.15) is 6.10 Å². The number of ether oxygens (including phenoxy) is 1. The fourth-order valence-electron chi connectivity index (χ4n) is 2.54. The van der Waals surface area contributed by atoms with Crippen LogP contribution in [-0.2, 0) is 6.54 Å². The molecule has 1 saturated carbocycles. The van der Waals surface area contributed by atoms with Crippen molar-refractivity contribution in [1.29, 1.82) is 0 Å². The zero-order valence-corrected chi connectivity index (χ0v) is 13.1. The minimum Gasteiger partial charge on any atom is -0.473 e. The van der Waals surface area contributed by atoms with Crippen LogP contribution in [0.3, 0.4) is 0 Å². The van der Waals surface area contributed by atoms with Gasteiger partial charge in [0, 0.05) is 18.3 Å². The molecule has 0 bridgehead atoms. The number of nitrogens with zero attached hydrogens (tertiary/aromatic N) is 2. The Labute approximate surface area is 122 Å². The molecule has 2 atom stereocenters. The molecule has 4 heteroatoms. The van der Waals surface area contributed by atoms with E-state index < -0.39 is 0 Å². The SMILES string of the molecule is CC1CCCC(Oc2cncc(CNC(C)(C)C)n2)C1. The van der Waals surface area contributed by atoms with Crippen molar-refractivity contribution >= 4 is 0 Å². The summed E-state index contributed by atoms with van der Waals surface area (Å²) in [5.74, 6) is 1.42. The molecule has 1 aliphatic rings. The summed E-state index contributed by atoms with van der Waals surface area (Å²) < 4.78 is 6.00. The molecule has 4 nitrogen and oxygen atoms in total.